The molecular weight excluding hydrogens is 386 g/mol. The molecule has 1 saturated carbocycles. The molecule has 2 aromatic rings. The highest BCUT2D eigenvalue weighted by molar-refractivity contribution is 5.71. The molecular formula is C31H47N. The van der Waals surface area contributed by atoms with Crippen molar-refractivity contribution in [1.82, 2.24) is 4.98 Å². The molecule has 1 heteroatoms. The Hall–Kier alpha value is -1.63. The van der Waals surface area contributed by atoms with Crippen LogP contribution in [0.5, 0.6) is 0 Å². The van der Waals surface area contributed by atoms with Gasteiger partial charge in [0.15, 0.2) is 0 Å². The Morgan fingerprint density at radius 3 is 2.31 bits per heavy atom. The van der Waals surface area contributed by atoms with E-state index in [9.17, 15) is 0 Å². The van der Waals surface area contributed by atoms with Crippen molar-refractivity contribution in [2.24, 2.45) is 11.8 Å². The molecule has 1 atom stereocenters. The summed E-state index contributed by atoms with van der Waals surface area (Å²) >= 11 is 0. The normalized spacial score (nSPS) is 19.7. The van der Waals surface area contributed by atoms with E-state index in [1.807, 2.05) is 6.20 Å². The zero-order valence-corrected chi connectivity index (χ0v) is 21.1. The summed E-state index contributed by atoms with van der Waals surface area (Å²) in [5.41, 5.74) is 5.87. The molecule has 1 aromatic carbocycles. The third-order valence-electron chi connectivity index (χ3n) is 8.01. The highest BCUT2D eigenvalue weighted by Crippen LogP contribution is 2.42. The quantitative estimate of drug-likeness (QED) is 0.286. The van der Waals surface area contributed by atoms with Crippen LogP contribution in [0.2, 0.25) is 0 Å². The van der Waals surface area contributed by atoms with Crippen molar-refractivity contribution in [3.63, 3.8) is 0 Å². The summed E-state index contributed by atoms with van der Waals surface area (Å²) in [7, 11) is 0. The number of hydrogen-bond donors (Lipinski definition) is 0. The van der Waals surface area contributed by atoms with E-state index in [4.69, 9.17) is 0 Å². The van der Waals surface area contributed by atoms with Crippen LogP contribution >= 0.6 is 0 Å². The Morgan fingerprint density at radius 2 is 1.53 bits per heavy atom. The molecule has 0 radical (unpaired) electrons. The fraction of sp³-hybridized carbons (Fsp3) is 0.645. The standard InChI is InChI=1S/C31H47N/c1-4-6-8-9-11-15-28-16-12-13-17-29(28)30-22-23-32-24-31(30)25(3)27-20-18-26(19-21-27)14-10-7-5-2/h12-13,16-17,22-27H,4-11,14-15,18-21H2,1-3H3. The number of rotatable bonds is 13. The second-order valence-electron chi connectivity index (χ2n) is 10.3. The fourth-order valence-corrected chi connectivity index (χ4v) is 5.85. The lowest BCUT2D eigenvalue weighted by atomic mass is 9.72. The lowest BCUT2D eigenvalue weighted by molar-refractivity contribution is 0.236. The van der Waals surface area contributed by atoms with E-state index in [-0.39, 0.29) is 0 Å². The van der Waals surface area contributed by atoms with Crippen LogP contribution in [0.4, 0.5) is 0 Å². The molecule has 0 spiro atoms. The number of nitrogens with zero attached hydrogens (tertiary/aromatic N) is 1. The van der Waals surface area contributed by atoms with Crippen LogP contribution in [-0.4, -0.2) is 4.98 Å². The maximum atomic E-state index is 4.58. The van der Waals surface area contributed by atoms with Gasteiger partial charge in [0.1, 0.15) is 0 Å². The first-order valence-corrected chi connectivity index (χ1v) is 13.8. The summed E-state index contributed by atoms with van der Waals surface area (Å²) in [6, 6.07) is 11.4. The third-order valence-corrected chi connectivity index (χ3v) is 8.01. The van der Waals surface area contributed by atoms with Gasteiger partial charge in [0.2, 0.25) is 0 Å². The van der Waals surface area contributed by atoms with Crippen molar-refractivity contribution in [3.05, 3.63) is 53.9 Å². The van der Waals surface area contributed by atoms with Crippen molar-refractivity contribution >= 4 is 0 Å². The Balaban J connectivity index is 1.67. The molecule has 0 saturated heterocycles. The maximum Gasteiger partial charge on any atom is 0.0308 e. The van der Waals surface area contributed by atoms with Crippen molar-refractivity contribution in [2.45, 2.75) is 117 Å². The van der Waals surface area contributed by atoms with Crippen LogP contribution in [0, 0.1) is 11.8 Å². The zero-order chi connectivity index (χ0) is 22.6. The maximum absolute atomic E-state index is 4.58. The monoisotopic (exact) mass is 433 g/mol. The van der Waals surface area contributed by atoms with Gasteiger partial charge >= 0.3 is 0 Å². The van der Waals surface area contributed by atoms with Crippen LogP contribution < -0.4 is 0 Å². The highest BCUT2D eigenvalue weighted by Gasteiger charge is 2.27. The summed E-state index contributed by atoms with van der Waals surface area (Å²) < 4.78 is 0. The molecule has 32 heavy (non-hydrogen) atoms. The van der Waals surface area contributed by atoms with E-state index < -0.39 is 0 Å². The predicted molar refractivity (Wildman–Crippen MR) is 140 cm³/mol. The molecule has 1 aliphatic rings. The van der Waals surface area contributed by atoms with Gasteiger partial charge in [-0.15, -0.1) is 0 Å². The van der Waals surface area contributed by atoms with Crippen LogP contribution in [0.25, 0.3) is 11.1 Å². The SMILES string of the molecule is CCCCCCCc1ccccc1-c1ccncc1C(C)C1CCC(CCCCC)CC1. The number of aryl methyl sites for hydroxylation is 1. The van der Waals surface area contributed by atoms with Gasteiger partial charge < -0.3 is 0 Å². The molecule has 1 aliphatic carbocycles. The number of aromatic nitrogens is 1. The van der Waals surface area contributed by atoms with Gasteiger partial charge in [-0.3, -0.25) is 4.98 Å². The van der Waals surface area contributed by atoms with Crippen molar-refractivity contribution in [2.75, 3.05) is 0 Å². The minimum atomic E-state index is 0.591. The average Bonchev–Trinajstić information content (AvgIpc) is 2.84. The molecule has 0 bridgehead atoms. The van der Waals surface area contributed by atoms with Crippen molar-refractivity contribution < 1.29 is 0 Å². The molecule has 1 aromatic heterocycles. The minimum Gasteiger partial charge on any atom is -0.264 e. The largest absolute Gasteiger partial charge is 0.264 e. The Labute approximate surface area is 198 Å². The number of hydrogen-bond acceptors (Lipinski definition) is 1. The first-order valence-electron chi connectivity index (χ1n) is 13.8. The second kappa shape index (κ2) is 13.8. The van der Waals surface area contributed by atoms with E-state index in [1.54, 1.807) is 0 Å². The fourth-order valence-electron chi connectivity index (χ4n) is 5.85. The predicted octanol–water partition coefficient (Wildman–Crippen LogP) is 9.75. The van der Waals surface area contributed by atoms with E-state index in [0.717, 1.165) is 11.8 Å². The number of benzene rings is 1. The van der Waals surface area contributed by atoms with Crippen LogP contribution in [0.3, 0.4) is 0 Å². The Bertz CT molecular complexity index is 772. The molecule has 176 valence electrons. The highest BCUT2D eigenvalue weighted by atomic mass is 14.6. The summed E-state index contributed by atoms with van der Waals surface area (Å²) in [5, 5.41) is 0. The molecule has 0 aliphatic heterocycles. The zero-order valence-electron chi connectivity index (χ0n) is 21.1. The molecule has 1 fully saturated rings. The summed E-state index contributed by atoms with van der Waals surface area (Å²) in [5.74, 6) is 2.38. The minimum absolute atomic E-state index is 0.591. The van der Waals surface area contributed by atoms with Gasteiger partial charge in [-0.1, -0.05) is 109 Å². The second-order valence-corrected chi connectivity index (χ2v) is 10.3. The lowest BCUT2D eigenvalue weighted by Gasteiger charge is -2.33. The van der Waals surface area contributed by atoms with Gasteiger partial charge in [0.25, 0.3) is 0 Å². The molecule has 1 unspecified atom stereocenters. The van der Waals surface area contributed by atoms with Crippen molar-refractivity contribution in [1.29, 1.82) is 0 Å². The summed E-state index contributed by atoms with van der Waals surface area (Å²) in [6.45, 7) is 7.07. The summed E-state index contributed by atoms with van der Waals surface area (Å²) in [4.78, 5) is 4.58. The first-order chi connectivity index (χ1) is 15.7. The van der Waals surface area contributed by atoms with Gasteiger partial charge in [0, 0.05) is 12.4 Å². The van der Waals surface area contributed by atoms with Crippen LogP contribution in [0.1, 0.15) is 121 Å². The van der Waals surface area contributed by atoms with Gasteiger partial charge in [-0.05, 0) is 71.8 Å². The van der Waals surface area contributed by atoms with E-state index in [2.05, 4.69) is 62.3 Å². The first kappa shape index (κ1) is 25.0. The van der Waals surface area contributed by atoms with Gasteiger partial charge in [-0.2, -0.15) is 0 Å². The van der Waals surface area contributed by atoms with Crippen LogP contribution in [0.15, 0.2) is 42.7 Å². The molecule has 0 N–H and O–H groups in total. The van der Waals surface area contributed by atoms with Gasteiger partial charge in [0.05, 0.1) is 0 Å². The lowest BCUT2D eigenvalue weighted by Crippen LogP contribution is -2.19. The van der Waals surface area contributed by atoms with E-state index >= 15 is 0 Å². The third kappa shape index (κ3) is 7.19. The number of unbranched alkanes of at least 4 members (excludes halogenated alkanes) is 6. The van der Waals surface area contributed by atoms with Crippen molar-refractivity contribution in [3.8, 4) is 11.1 Å². The Morgan fingerprint density at radius 1 is 0.812 bits per heavy atom. The average molecular weight is 434 g/mol. The topological polar surface area (TPSA) is 12.9 Å². The summed E-state index contributed by atoms with van der Waals surface area (Å²) in [6.07, 6.45) is 23.4. The molecule has 1 heterocycles. The molecule has 1 nitrogen and oxygen atoms in total. The number of pyridine rings is 1. The van der Waals surface area contributed by atoms with E-state index in [0.29, 0.717) is 5.92 Å². The molecule has 3 rings (SSSR count). The smallest absolute Gasteiger partial charge is 0.0308 e. The van der Waals surface area contributed by atoms with Gasteiger partial charge in [-0.25, -0.2) is 0 Å². The van der Waals surface area contributed by atoms with E-state index in [1.165, 1.54) is 112 Å². The molecule has 0 amide bonds. The Kier molecular flexibility index (Phi) is 10.8. The van der Waals surface area contributed by atoms with Crippen LogP contribution in [-0.2, 0) is 6.42 Å².